The molecule has 0 saturated carbocycles. The lowest BCUT2D eigenvalue weighted by Crippen LogP contribution is -2.39. The van der Waals surface area contributed by atoms with E-state index in [1.54, 1.807) is 0 Å². The maximum absolute atomic E-state index is 12.0. The third-order valence-electron chi connectivity index (χ3n) is 2.72. The first-order valence-electron chi connectivity index (χ1n) is 5.44. The van der Waals surface area contributed by atoms with Crippen LogP contribution in [0, 0.1) is 5.92 Å². The zero-order chi connectivity index (χ0) is 12.2. The summed E-state index contributed by atoms with van der Waals surface area (Å²) in [5, 5.41) is 12.4. The second-order valence-electron chi connectivity index (χ2n) is 4.32. The summed E-state index contributed by atoms with van der Waals surface area (Å²) in [6, 6.07) is -0.669. The largest absolute Gasteiger partial charge is 0.391 e. The number of halogens is 3. The molecule has 0 spiro atoms. The second kappa shape index (κ2) is 5.84. The van der Waals surface area contributed by atoms with Crippen LogP contribution in [-0.2, 0) is 4.74 Å². The predicted octanol–water partition coefficient (Wildman–Crippen LogP) is 1.31. The summed E-state index contributed by atoms with van der Waals surface area (Å²) in [6.07, 6.45) is -4.89. The number of hydrogen-bond acceptors (Lipinski definition) is 3. The Morgan fingerprint density at radius 1 is 1.50 bits per heavy atom. The van der Waals surface area contributed by atoms with Crippen molar-refractivity contribution >= 4 is 0 Å². The van der Waals surface area contributed by atoms with Gasteiger partial charge in [0.2, 0.25) is 0 Å². The monoisotopic (exact) mass is 241 g/mol. The lowest BCUT2D eigenvalue weighted by Gasteiger charge is -2.21. The SMILES string of the molecule is CC(CC(F)(F)F)NCC(O)C1CCOC1. The second-order valence-corrected chi connectivity index (χ2v) is 4.32. The Morgan fingerprint density at radius 2 is 2.19 bits per heavy atom. The summed E-state index contributed by atoms with van der Waals surface area (Å²) < 4.78 is 41.1. The average molecular weight is 241 g/mol. The van der Waals surface area contributed by atoms with Crippen molar-refractivity contribution in [3.05, 3.63) is 0 Å². The van der Waals surface area contributed by atoms with Gasteiger partial charge >= 0.3 is 6.18 Å². The molecule has 2 N–H and O–H groups in total. The van der Waals surface area contributed by atoms with Gasteiger partial charge in [-0.2, -0.15) is 13.2 Å². The van der Waals surface area contributed by atoms with Crippen LogP contribution in [0.2, 0.25) is 0 Å². The van der Waals surface area contributed by atoms with E-state index in [1.807, 2.05) is 0 Å². The number of nitrogens with one attached hydrogen (secondary N) is 1. The van der Waals surface area contributed by atoms with Crippen LogP contribution in [-0.4, -0.2) is 43.2 Å². The van der Waals surface area contributed by atoms with Gasteiger partial charge in [-0.1, -0.05) is 0 Å². The van der Waals surface area contributed by atoms with Crippen molar-refractivity contribution in [1.82, 2.24) is 5.32 Å². The van der Waals surface area contributed by atoms with Crippen molar-refractivity contribution in [2.75, 3.05) is 19.8 Å². The first-order chi connectivity index (χ1) is 7.38. The van der Waals surface area contributed by atoms with Gasteiger partial charge in [0.25, 0.3) is 0 Å². The van der Waals surface area contributed by atoms with E-state index >= 15 is 0 Å². The maximum Gasteiger partial charge on any atom is 0.390 e. The predicted molar refractivity (Wildman–Crippen MR) is 53.1 cm³/mol. The van der Waals surface area contributed by atoms with Crippen molar-refractivity contribution in [1.29, 1.82) is 0 Å². The van der Waals surface area contributed by atoms with Crippen LogP contribution in [0.25, 0.3) is 0 Å². The van der Waals surface area contributed by atoms with Gasteiger partial charge < -0.3 is 15.2 Å². The topological polar surface area (TPSA) is 41.5 Å². The molecular formula is C10H18F3NO2. The molecular weight excluding hydrogens is 223 g/mol. The van der Waals surface area contributed by atoms with Crippen molar-refractivity contribution in [2.24, 2.45) is 5.92 Å². The molecule has 1 rings (SSSR count). The molecule has 96 valence electrons. The summed E-state index contributed by atoms with van der Waals surface area (Å²) in [5.74, 6) is 0.0468. The summed E-state index contributed by atoms with van der Waals surface area (Å²) in [7, 11) is 0. The molecule has 0 radical (unpaired) electrons. The van der Waals surface area contributed by atoms with Gasteiger partial charge in [0.1, 0.15) is 0 Å². The molecule has 1 saturated heterocycles. The first-order valence-corrected chi connectivity index (χ1v) is 5.44. The number of hydrogen-bond donors (Lipinski definition) is 2. The van der Waals surface area contributed by atoms with E-state index in [2.05, 4.69) is 5.32 Å². The zero-order valence-electron chi connectivity index (χ0n) is 9.26. The van der Waals surface area contributed by atoms with Gasteiger partial charge in [-0.05, 0) is 13.3 Å². The summed E-state index contributed by atoms with van der Waals surface area (Å²) >= 11 is 0. The van der Waals surface area contributed by atoms with E-state index in [4.69, 9.17) is 4.74 Å². The van der Waals surface area contributed by atoms with E-state index in [0.29, 0.717) is 13.2 Å². The van der Waals surface area contributed by atoms with Crippen molar-refractivity contribution < 1.29 is 23.0 Å². The molecule has 0 aromatic heterocycles. The summed E-state index contributed by atoms with van der Waals surface area (Å²) in [6.45, 7) is 2.77. The zero-order valence-corrected chi connectivity index (χ0v) is 9.26. The highest BCUT2D eigenvalue weighted by atomic mass is 19.4. The third-order valence-corrected chi connectivity index (χ3v) is 2.72. The van der Waals surface area contributed by atoms with E-state index in [-0.39, 0.29) is 12.5 Å². The quantitative estimate of drug-likeness (QED) is 0.762. The van der Waals surface area contributed by atoms with E-state index in [0.717, 1.165) is 6.42 Å². The Hall–Kier alpha value is -0.330. The standard InChI is InChI=1S/C10H18F3NO2/c1-7(4-10(11,12)13)14-5-9(15)8-2-3-16-6-8/h7-9,14-15H,2-6H2,1H3. The highest BCUT2D eigenvalue weighted by Crippen LogP contribution is 2.21. The Morgan fingerprint density at radius 3 is 2.69 bits per heavy atom. The van der Waals surface area contributed by atoms with Crippen LogP contribution in [0.3, 0.4) is 0 Å². The van der Waals surface area contributed by atoms with Crippen molar-refractivity contribution in [3.8, 4) is 0 Å². The molecule has 0 bridgehead atoms. The van der Waals surface area contributed by atoms with Crippen LogP contribution in [0.4, 0.5) is 13.2 Å². The third kappa shape index (κ3) is 5.14. The molecule has 3 unspecified atom stereocenters. The number of rotatable bonds is 5. The highest BCUT2D eigenvalue weighted by molar-refractivity contribution is 4.76. The molecule has 6 heteroatoms. The van der Waals surface area contributed by atoms with Crippen molar-refractivity contribution in [2.45, 2.75) is 38.1 Å². The molecule has 1 fully saturated rings. The van der Waals surface area contributed by atoms with Gasteiger partial charge in [0, 0.05) is 25.1 Å². The molecule has 1 aliphatic rings. The number of ether oxygens (including phenoxy) is 1. The lowest BCUT2D eigenvalue weighted by molar-refractivity contribution is -0.139. The van der Waals surface area contributed by atoms with E-state index in [1.165, 1.54) is 6.92 Å². The van der Waals surface area contributed by atoms with Crippen molar-refractivity contribution in [3.63, 3.8) is 0 Å². The molecule has 0 aromatic rings. The minimum atomic E-state index is -4.16. The van der Waals surface area contributed by atoms with Crippen LogP contribution < -0.4 is 5.32 Å². The Bertz CT molecular complexity index is 205. The number of aliphatic hydroxyl groups is 1. The molecule has 0 aromatic carbocycles. The summed E-state index contributed by atoms with van der Waals surface area (Å²) in [4.78, 5) is 0. The number of alkyl halides is 3. The van der Waals surface area contributed by atoms with Crippen LogP contribution >= 0.6 is 0 Å². The first kappa shape index (κ1) is 13.7. The fourth-order valence-corrected chi connectivity index (χ4v) is 1.76. The van der Waals surface area contributed by atoms with Crippen LogP contribution in [0.15, 0.2) is 0 Å². The number of aliphatic hydroxyl groups excluding tert-OH is 1. The smallest absolute Gasteiger partial charge is 0.390 e. The van der Waals surface area contributed by atoms with E-state index < -0.39 is 24.7 Å². The van der Waals surface area contributed by atoms with Gasteiger partial charge in [-0.15, -0.1) is 0 Å². The molecule has 1 aliphatic heterocycles. The average Bonchev–Trinajstić information content (AvgIpc) is 2.64. The molecule has 1 heterocycles. The van der Waals surface area contributed by atoms with Gasteiger partial charge in [-0.25, -0.2) is 0 Å². The van der Waals surface area contributed by atoms with E-state index in [9.17, 15) is 18.3 Å². The van der Waals surface area contributed by atoms with Gasteiger partial charge in [-0.3, -0.25) is 0 Å². The highest BCUT2D eigenvalue weighted by Gasteiger charge is 2.30. The molecule has 3 atom stereocenters. The summed E-state index contributed by atoms with van der Waals surface area (Å²) in [5.41, 5.74) is 0. The van der Waals surface area contributed by atoms with Crippen LogP contribution in [0.1, 0.15) is 19.8 Å². The molecule has 0 aliphatic carbocycles. The minimum absolute atomic E-state index is 0.0468. The molecule has 0 amide bonds. The Kier molecular flexibility index (Phi) is 5.01. The normalized spacial score (nSPS) is 25.7. The molecule has 16 heavy (non-hydrogen) atoms. The Labute approximate surface area is 93.0 Å². The van der Waals surface area contributed by atoms with Gasteiger partial charge in [0.15, 0.2) is 0 Å². The molecule has 3 nitrogen and oxygen atoms in total. The minimum Gasteiger partial charge on any atom is -0.391 e. The Balaban J connectivity index is 2.17. The fourth-order valence-electron chi connectivity index (χ4n) is 1.76. The fraction of sp³-hybridized carbons (Fsp3) is 1.00. The lowest BCUT2D eigenvalue weighted by atomic mass is 10.0. The maximum atomic E-state index is 12.0. The van der Waals surface area contributed by atoms with Gasteiger partial charge in [0.05, 0.1) is 19.1 Å². The van der Waals surface area contributed by atoms with Crippen LogP contribution in [0.5, 0.6) is 0 Å².